The maximum atomic E-state index is 5.13. The van der Waals surface area contributed by atoms with Crippen molar-refractivity contribution in [2.45, 2.75) is 13.3 Å². The summed E-state index contributed by atoms with van der Waals surface area (Å²) in [6.07, 6.45) is 9.39. The molecular formula is C19H20O. The van der Waals surface area contributed by atoms with Crippen LogP contribution in [-0.4, -0.2) is 7.11 Å². The van der Waals surface area contributed by atoms with Crippen molar-refractivity contribution in [1.29, 1.82) is 0 Å². The molecule has 2 aromatic rings. The summed E-state index contributed by atoms with van der Waals surface area (Å²) in [6.45, 7) is 2.17. The highest BCUT2D eigenvalue weighted by Gasteiger charge is 1.90. The second kappa shape index (κ2) is 7.34. The minimum Gasteiger partial charge on any atom is -0.497 e. The van der Waals surface area contributed by atoms with Gasteiger partial charge in [0.05, 0.1) is 7.11 Å². The highest BCUT2D eigenvalue weighted by Crippen LogP contribution is 2.12. The molecule has 0 N–H and O–H groups in total. The summed E-state index contributed by atoms with van der Waals surface area (Å²) >= 11 is 0. The molecule has 0 unspecified atom stereocenters. The van der Waals surface area contributed by atoms with Gasteiger partial charge in [-0.3, -0.25) is 0 Å². The van der Waals surface area contributed by atoms with Gasteiger partial charge in [0.2, 0.25) is 0 Å². The van der Waals surface area contributed by atoms with Crippen LogP contribution in [0.15, 0.2) is 60.7 Å². The average molecular weight is 264 g/mol. The molecule has 1 heteroatoms. The molecule has 0 bridgehead atoms. The van der Waals surface area contributed by atoms with Gasteiger partial charge in [-0.2, -0.15) is 0 Å². The van der Waals surface area contributed by atoms with E-state index < -0.39 is 0 Å². The number of hydrogen-bond acceptors (Lipinski definition) is 1. The van der Waals surface area contributed by atoms with Crippen molar-refractivity contribution in [3.63, 3.8) is 0 Å². The fraction of sp³-hybridized carbons (Fsp3) is 0.158. The van der Waals surface area contributed by atoms with Crippen LogP contribution in [0.25, 0.3) is 12.2 Å². The first-order valence-corrected chi connectivity index (χ1v) is 6.89. The quantitative estimate of drug-likeness (QED) is 0.692. The lowest BCUT2D eigenvalue weighted by atomic mass is 10.1. The van der Waals surface area contributed by atoms with Crippen molar-refractivity contribution < 1.29 is 4.74 Å². The Balaban J connectivity index is 1.95. The minimum atomic E-state index is 0.883. The first kappa shape index (κ1) is 14.1. The summed E-state index contributed by atoms with van der Waals surface area (Å²) < 4.78 is 5.13. The Morgan fingerprint density at radius 3 is 1.75 bits per heavy atom. The summed E-state index contributed by atoms with van der Waals surface area (Å²) in [7, 11) is 1.68. The molecule has 0 aliphatic rings. The lowest BCUT2D eigenvalue weighted by Gasteiger charge is -1.98. The van der Waals surface area contributed by atoms with Crippen LogP contribution in [0.5, 0.6) is 5.75 Å². The Hall–Kier alpha value is -2.28. The van der Waals surface area contributed by atoms with Crippen LogP contribution < -0.4 is 4.74 Å². The largest absolute Gasteiger partial charge is 0.497 e. The molecule has 0 heterocycles. The number of methoxy groups -OCH3 is 1. The molecule has 2 rings (SSSR count). The topological polar surface area (TPSA) is 9.23 Å². The van der Waals surface area contributed by atoms with Gasteiger partial charge in [-0.1, -0.05) is 67.6 Å². The number of allylic oxidation sites excluding steroid dienone is 2. The maximum Gasteiger partial charge on any atom is 0.118 e. The zero-order chi connectivity index (χ0) is 14.2. The minimum absolute atomic E-state index is 0.883. The Kier molecular flexibility index (Phi) is 5.19. The van der Waals surface area contributed by atoms with Crippen LogP contribution in [-0.2, 0) is 6.42 Å². The molecule has 0 aromatic heterocycles. The van der Waals surface area contributed by atoms with E-state index in [0.29, 0.717) is 0 Å². The van der Waals surface area contributed by atoms with Crippen LogP contribution in [0.2, 0.25) is 0 Å². The lowest BCUT2D eigenvalue weighted by Crippen LogP contribution is -1.81. The summed E-state index contributed by atoms with van der Waals surface area (Å²) in [6, 6.07) is 16.7. The molecule has 0 atom stereocenters. The van der Waals surface area contributed by atoms with Gasteiger partial charge in [0, 0.05) is 0 Å². The first-order chi connectivity index (χ1) is 9.81. The molecule has 0 saturated heterocycles. The second-order valence-corrected chi connectivity index (χ2v) is 4.59. The maximum absolute atomic E-state index is 5.13. The molecule has 102 valence electrons. The molecule has 0 spiro atoms. The van der Waals surface area contributed by atoms with E-state index in [1.165, 1.54) is 11.1 Å². The summed E-state index contributed by atoms with van der Waals surface area (Å²) in [5.41, 5.74) is 3.76. The molecule has 20 heavy (non-hydrogen) atoms. The Bertz CT molecular complexity index is 519. The van der Waals surface area contributed by atoms with E-state index >= 15 is 0 Å². The predicted molar refractivity (Wildman–Crippen MR) is 86.9 cm³/mol. The number of benzene rings is 2. The number of ether oxygens (including phenoxy) is 1. The van der Waals surface area contributed by atoms with Crippen LogP contribution in [0.1, 0.15) is 23.6 Å². The zero-order valence-corrected chi connectivity index (χ0v) is 12.0. The predicted octanol–water partition coefficient (Wildman–Crippen LogP) is 4.98. The van der Waals surface area contributed by atoms with Crippen molar-refractivity contribution in [2.24, 2.45) is 0 Å². The van der Waals surface area contributed by atoms with E-state index in [-0.39, 0.29) is 0 Å². The second-order valence-electron chi connectivity index (χ2n) is 4.59. The van der Waals surface area contributed by atoms with Crippen molar-refractivity contribution in [3.05, 3.63) is 77.4 Å². The van der Waals surface area contributed by atoms with Gasteiger partial charge in [-0.05, 0) is 35.2 Å². The van der Waals surface area contributed by atoms with E-state index in [2.05, 4.69) is 55.5 Å². The molecule has 1 nitrogen and oxygen atoms in total. The van der Waals surface area contributed by atoms with Gasteiger partial charge in [0.25, 0.3) is 0 Å². The van der Waals surface area contributed by atoms with Crippen molar-refractivity contribution >= 4 is 12.2 Å². The van der Waals surface area contributed by atoms with Gasteiger partial charge in [0.15, 0.2) is 0 Å². The normalized spacial score (nSPS) is 11.3. The number of hydrogen-bond donors (Lipinski definition) is 0. The molecule has 0 amide bonds. The van der Waals surface area contributed by atoms with E-state index in [9.17, 15) is 0 Å². The summed E-state index contributed by atoms with van der Waals surface area (Å²) in [5.74, 6) is 0.883. The Morgan fingerprint density at radius 2 is 1.30 bits per heavy atom. The van der Waals surface area contributed by atoms with Crippen LogP contribution >= 0.6 is 0 Å². The average Bonchev–Trinajstić information content (AvgIpc) is 2.53. The molecule has 0 aliphatic heterocycles. The SMILES string of the molecule is CCc1ccc(/C=C/C=C/c2ccc(OC)cc2)cc1. The smallest absolute Gasteiger partial charge is 0.118 e. The molecule has 0 fully saturated rings. The first-order valence-electron chi connectivity index (χ1n) is 6.89. The third-order valence-corrected chi connectivity index (χ3v) is 3.19. The Morgan fingerprint density at radius 1 is 0.800 bits per heavy atom. The summed E-state index contributed by atoms with van der Waals surface area (Å²) in [5, 5.41) is 0. The lowest BCUT2D eigenvalue weighted by molar-refractivity contribution is 0.415. The number of aryl methyl sites for hydroxylation is 1. The van der Waals surface area contributed by atoms with Gasteiger partial charge >= 0.3 is 0 Å². The van der Waals surface area contributed by atoms with Crippen molar-refractivity contribution in [2.75, 3.05) is 7.11 Å². The van der Waals surface area contributed by atoms with Gasteiger partial charge in [0.1, 0.15) is 5.75 Å². The molecular weight excluding hydrogens is 244 g/mol. The van der Waals surface area contributed by atoms with Crippen molar-refractivity contribution in [1.82, 2.24) is 0 Å². The van der Waals surface area contributed by atoms with Gasteiger partial charge < -0.3 is 4.74 Å². The van der Waals surface area contributed by atoms with E-state index in [4.69, 9.17) is 4.74 Å². The van der Waals surface area contributed by atoms with E-state index in [1.54, 1.807) is 7.11 Å². The Labute approximate surface area is 121 Å². The monoisotopic (exact) mass is 264 g/mol. The van der Waals surface area contributed by atoms with E-state index in [1.807, 2.05) is 24.3 Å². The molecule has 0 radical (unpaired) electrons. The molecule has 2 aromatic carbocycles. The molecule has 0 aliphatic carbocycles. The van der Waals surface area contributed by atoms with Crippen LogP contribution in [0, 0.1) is 0 Å². The van der Waals surface area contributed by atoms with Gasteiger partial charge in [-0.15, -0.1) is 0 Å². The third-order valence-electron chi connectivity index (χ3n) is 3.19. The summed E-state index contributed by atoms with van der Waals surface area (Å²) in [4.78, 5) is 0. The van der Waals surface area contributed by atoms with Crippen LogP contribution in [0.4, 0.5) is 0 Å². The van der Waals surface area contributed by atoms with Crippen molar-refractivity contribution in [3.8, 4) is 5.75 Å². The molecule has 0 saturated carbocycles. The highest BCUT2D eigenvalue weighted by molar-refractivity contribution is 5.57. The van der Waals surface area contributed by atoms with Crippen LogP contribution in [0.3, 0.4) is 0 Å². The fourth-order valence-electron chi connectivity index (χ4n) is 1.91. The fourth-order valence-corrected chi connectivity index (χ4v) is 1.91. The zero-order valence-electron chi connectivity index (χ0n) is 12.0. The van der Waals surface area contributed by atoms with Gasteiger partial charge in [-0.25, -0.2) is 0 Å². The number of rotatable bonds is 5. The van der Waals surface area contributed by atoms with E-state index in [0.717, 1.165) is 17.7 Å². The standard InChI is InChI=1S/C19H20O/c1-3-16-8-10-17(11-9-16)6-4-5-7-18-12-14-19(20-2)15-13-18/h4-15H,3H2,1-2H3/b6-4+,7-5+. The highest BCUT2D eigenvalue weighted by atomic mass is 16.5. The third kappa shape index (κ3) is 4.13.